The van der Waals surface area contributed by atoms with Gasteiger partial charge >= 0.3 is 0 Å². The molecule has 0 saturated carbocycles. The van der Waals surface area contributed by atoms with Crippen molar-refractivity contribution < 1.29 is 4.39 Å². The molecule has 0 N–H and O–H groups in total. The predicted octanol–water partition coefficient (Wildman–Crippen LogP) is 4.68. The third kappa shape index (κ3) is 2.07. The fraction of sp³-hybridized carbons (Fsp3) is 0.143. The Bertz CT molecular complexity index is 580. The average Bonchev–Trinajstić information content (AvgIpc) is 2.49. The minimum Gasteiger partial charge on any atom is -0.207 e. The topological polar surface area (TPSA) is 0 Å². The summed E-state index contributed by atoms with van der Waals surface area (Å²) in [6.45, 7) is 0. The van der Waals surface area contributed by atoms with Gasteiger partial charge in [-0.05, 0) is 35.7 Å². The molecular weight excluding hydrogens is 255 g/mol. The third-order valence-corrected chi connectivity index (χ3v) is 4.36. The smallest absolute Gasteiger partial charge is 0.127 e. The van der Waals surface area contributed by atoms with E-state index in [0.717, 1.165) is 27.5 Å². The molecule has 0 aliphatic carbocycles. The molecule has 3 heteroatoms. The standard InChI is InChI=1S/C14H10ClFS/c15-11-5-4-10-6-9-2-1-3-13(16)12(9)8-17-14(10)7-11/h1-5,7H,6,8H2. The zero-order valence-corrected chi connectivity index (χ0v) is 10.6. The summed E-state index contributed by atoms with van der Waals surface area (Å²) in [6.07, 6.45) is 0.784. The first-order valence-corrected chi connectivity index (χ1v) is 6.78. The molecule has 0 nitrogen and oxygen atoms in total. The van der Waals surface area contributed by atoms with E-state index in [0.29, 0.717) is 5.75 Å². The molecule has 0 spiro atoms. The quantitative estimate of drug-likeness (QED) is 0.666. The molecule has 0 fully saturated rings. The molecule has 2 aromatic rings. The van der Waals surface area contributed by atoms with Gasteiger partial charge in [-0.1, -0.05) is 29.8 Å². The molecular formula is C14H10ClFS. The molecule has 0 saturated heterocycles. The summed E-state index contributed by atoms with van der Waals surface area (Å²) >= 11 is 7.64. The van der Waals surface area contributed by atoms with Gasteiger partial charge in [0.1, 0.15) is 5.82 Å². The fourth-order valence-electron chi connectivity index (χ4n) is 2.09. The lowest BCUT2D eigenvalue weighted by atomic mass is 10.0. The van der Waals surface area contributed by atoms with Crippen LogP contribution in [0.4, 0.5) is 4.39 Å². The van der Waals surface area contributed by atoms with Crippen LogP contribution in [0.2, 0.25) is 5.02 Å². The van der Waals surface area contributed by atoms with Crippen molar-refractivity contribution in [3.8, 4) is 0 Å². The van der Waals surface area contributed by atoms with Gasteiger partial charge in [0.2, 0.25) is 0 Å². The van der Waals surface area contributed by atoms with E-state index in [2.05, 4.69) is 0 Å². The van der Waals surface area contributed by atoms with Crippen LogP contribution in [0.25, 0.3) is 0 Å². The Balaban J connectivity index is 2.10. The van der Waals surface area contributed by atoms with Crippen LogP contribution < -0.4 is 0 Å². The molecule has 0 bridgehead atoms. The largest absolute Gasteiger partial charge is 0.207 e. The molecule has 1 aliphatic rings. The van der Waals surface area contributed by atoms with Gasteiger partial charge < -0.3 is 0 Å². The van der Waals surface area contributed by atoms with Crippen LogP contribution in [-0.2, 0) is 12.2 Å². The van der Waals surface area contributed by atoms with Crippen molar-refractivity contribution in [3.05, 3.63) is 63.9 Å². The van der Waals surface area contributed by atoms with Gasteiger partial charge in [-0.15, -0.1) is 11.8 Å². The highest BCUT2D eigenvalue weighted by Crippen LogP contribution is 2.35. The zero-order chi connectivity index (χ0) is 11.8. The van der Waals surface area contributed by atoms with E-state index in [-0.39, 0.29) is 5.82 Å². The van der Waals surface area contributed by atoms with Crippen molar-refractivity contribution in [1.82, 2.24) is 0 Å². The lowest BCUT2D eigenvalue weighted by Crippen LogP contribution is -1.95. The number of hydrogen-bond donors (Lipinski definition) is 0. The van der Waals surface area contributed by atoms with Crippen LogP contribution in [0, 0.1) is 5.82 Å². The molecule has 3 rings (SSSR count). The first kappa shape index (κ1) is 11.1. The van der Waals surface area contributed by atoms with E-state index in [9.17, 15) is 4.39 Å². The Hall–Kier alpha value is -0.990. The molecule has 2 aromatic carbocycles. The zero-order valence-electron chi connectivity index (χ0n) is 9.04. The predicted molar refractivity (Wildman–Crippen MR) is 70.2 cm³/mol. The van der Waals surface area contributed by atoms with Crippen molar-refractivity contribution in [1.29, 1.82) is 0 Å². The normalized spacial score (nSPS) is 13.8. The molecule has 86 valence electrons. The van der Waals surface area contributed by atoms with E-state index >= 15 is 0 Å². The van der Waals surface area contributed by atoms with Crippen LogP contribution in [0.15, 0.2) is 41.3 Å². The van der Waals surface area contributed by atoms with E-state index in [1.54, 1.807) is 17.8 Å². The minimum atomic E-state index is -0.103. The lowest BCUT2D eigenvalue weighted by Gasteiger charge is -2.05. The van der Waals surface area contributed by atoms with Crippen molar-refractivity contribution in [2.75, 3.05) is 0 Å². The molecule has 17 heavy (non-hydrogen) atoms. The van der Waals surface area contributed by atoms with Gasteiger partial charge in [0.05, 0.1) is 0 Å². The molecule has 0 unspecified atom stereocenters. The highest BCUT2D eigenvalue weighted by atomic mass is 35.5. The monoisotopic (exact) mass is 264 g/mol. The lowest BCUT2D eigenvalue weighted by molar-refractivity contribution is 0.615. The fourth-order valence-corrected chi connectivity index (χ4v) is 3.49. The molecule has 1 aliphatic heterocycles. The van der Waals surface area contributed by atoms with Gasteiger partial charge in [0.15, 0.2) is 0 Å². The summed E-state index contributed by atoms with van der Waals surface area (Å²) in [5.74, 6) is 0.573. The number of fused-ring (bicyclic) bond motifs is 2. The average molecular weight is 265 g/mol. The molecule has 0 amide bonds. The molecule has 0 aromatic heterocycles. The summed E-state index contributed by atoms with van der Waals surface area (Å²) in [5.41, 5.74) is 3.13. The molecule has 0 radical (unpaired) electrons. The number of thioether (sulfide) groups is 1. The highest BCUT2D eigenvalue weighted by Gasteiger charge is 2.16. The van der Waals surface area contributed by atoms with Crippen molar-refractivity contribution in [2.45, 2.75) is 17.1 Å². The Morgan fingerprint density at radius 2 is 2.00 bits per heavy atom. The van der Waals surface area contributed by atoms with E-state index in [4.69, 9.17) is 11.6 Å². The third-order valence-electron chi connectivity index (χ3n) is 3.00. The Morgan fingerprint density at radius 3 is 2.88 bits per heavy atom. The summed E-state index contributed by atoms with van der Waals surface area (Å²) in [6, 6.07) is 11.2. The maximum Gasteiger partial charge on any atom is 0.127 e. The Morgan fingerprint density at radius 1 is 1.12 bits per heavy atom. The van der Waals surface area contributed by atoms with Gasteiger partial charge in [-0.3, -0.25) is 0 Å². The van der Waals surface area contributed by atoms with Crippen LogP contribution in [0.1, 0.15) is 16.7 Å². The Kier molecular flexibility index (Phi) is 2.85. The summed E-state index contributed by atoms with van der Waals surface area (Å²) < 4.78 is 13.7. The minimum absolute atomic E-state index is 0.103. The van der Waals surface area contributed by atoms with Crippen LogP contribution in [0.3, 0.4) is 0 Å². The van der Waals surface area contributed by atoms with Crippen molar-refractivity contribution >= 4 is 23.4 Å². The van der Waals surface area contributed by atoms with E-state index in [1.165, 1.54) is 11.6 Å². The highest BCUT2D eigenvalue weighted by molar-refractivity contribution is 7.98. The van der Waals surface area contributed by atoms with Crippen molar-refractivity contribution in [2.24, 2.45) is 0 Å². The van der Waals surface area contributed by atoms with Gasteiger partial charge in [-0.25, -0.2) is 4.39 Å². The van der Waals surface area contributed by atoms with Crippen molar-refractivity contribution in [3.63, 3.8) is 0 Å². The first-order chi connectivity index (χ1) is 8.24. The maximum atomic E-state index is 13.7. The van der Waals surface area contributed by atoms with Gasteiger partial charge in [0, 0.05) is 21.2 Å². The summed E-state index contributed by atoms with van der Waals surface area (Å²) in [4.78, 5) is 1.16. The second-order valence-electron chi connectivity index (χ2n) is 4.10. The molecule has 0 atom stereocenters. The summed E-state index contributed by atoms with van der Waals surface area (Å²) in [7, 11) is 0. The van der Waals surface area contributed by atoms with E-state index < -0.39 is 0 Å². The Labute approximate surface area is 109 Å². The van der Waals surface area contributed by atoms with Gasteiger partial charge in [-0.2, -0.15) is 0 Å². The van der Waals surface area contributed by atoms with Gasteiger partial charge in [0.25, 0.3) is 0 Å². The second kappa shape index (κ2) is 4.35. The maximum absolute atomic E-state index is 13.7. The van der Waals surface area contributed by atoms with Crippen LogP contribution in [-0.4, -0.2) is 0 Å². The van der Waals surface area contributed by atoms with Crippen LogP contribution in [0.5, 0.6) is 0 Å². The SMILES string of the molecule is Fc1cccc2c1CSc1cc(Cl)ccc1C2. The number of rotatable bonds is 0. The number of hydrogen-bond acceptors (Lipinski definition) is 1. The van der Waals surface area contributed by atoms with E-state index in [1.807, 2.05) is 24.3 Å². The second-order valence-corrected chi connectivity index (χ2v) is 5.55. The first-order valence-electron chi connectivity index (χ1n) is 5.41. The number of halogens is 2. The van der Waals surface area contributed by atoms with Crippen LogP contribution >= 0.6 is 23.4 Å². The summed E-state index contributed by atoms with van der Waals surface area (Å²) in [5, 5.41) is 0.739. The molecule has 1 heterocycles. The number of benzene rings is 2.